The maximum absolute atomic E-state index is 5.96. The lowest BCUT2D eigenvalue weighted by Gasteiger charge is -2.16. The third kappa shape index (κ3) is 3.49. The molecule has 20 heavy (non-hydrogen) atoms. The number of aromatic nitrogens is 2. The first kappa shape index (κ1) is 14.8. The van der Waals surface area contributed by atoms with E-state index in [1.54, 1.807) is 18.2 Å². The predicted molar refractivity (Wildman–Crippen MR) is 80.6 cm³/mol. The summed E-state index contributed by atoms with van der Waals surface area (Å²) in [7, 11) is 0. The number of likely N-dealkylation sites (N-methyl/N-ethyl adjacent to an activating group) is 1. The molecule has 0 aliphatic carbocycles. The summed E-state index contributed by atoms with van der Waals surface area (Å²) in [5.41, 5.74) is 7.16. The Balaban J connectivity index is 2.10. The number of hydrogen-bond acceptors (Lipinski definition) is 5. The highest BCUT2D eigenvalue weighted by Gasteiger charge is 2.13. The molecule has 0 aliphatic heterocycles. The maximum Gasteiger partial charge on any atom is 0.260 e. The highest BCUT2D eigenvalue weighted by Crippen LogP contribution is 2.27. The summed E-state index contributed by atoms with van der Waals surface area (Å²) in [4.78, 5) is 6.69. The minimum absolute atomic E-state index is 0.416. The lowest BCUT2D eigenvalue weighted by molar-refractivity contribution is 0.303. The second kappa shape index (κ2) is 6.72. The van der Waals surface area contributed by atoms with Crippen molar-refractivity contribution >= 4 is 17.3 Å². The minimum atomic E-state index is 0.416. The standard InChI is InChI=1S/C14H19ClN4O/c1-3-19(4-2)8-7-13-17-14(20-18-13)11-9-10(15)5-6-12(11)16/h5-6,9H,3-4,7-8,16H2,1-2H3. The van der Waals surface area contributed by atoms with Gasteiger partial charge in [-0.2, -0.15) is 4.98 Å². The third-order valence-electron chi connectivity index (χ3n) is 3.26. The molecular weight excluding hydrogens is 276 g/mol. The van der Waals surface area contributed by atoms with Gasteiger partial charge in [0.2, 0.25) is 0 Å². The van der Waals surface area contributed by atoms with Crippen LogP contribution in [0, 0.1) is 0 Å². The molecule has 0 unspecified atom stereocenters. The molecule has 0 aliphatic rings. The molecule has 0 radical (unpaired) electrons. The summed E-state index contributed by atoms with van der Waals surface area (Å²) < 4.78 is 5.27. The van der Waals surface area contributed by atoms with Crippen LogP contribution in [0.25, 0.3) is 11.5 Å². The average molecular weight is 295 g/mol. The van der Waals surface area contributed by atoms with Gasteiger partial charge in [-0.15, -0.1) is 0 Å². The number of benzene rings is 1. The van der Waals surface area contributed by atoms with Crippen LogP contribution in [0.5, 0.6) is 0 Å². The summed E-state index contributed by atoms with van der Waals surface area (Å²) in [5, 5.41) is 4.59. The van der Waals surface area contributed by atoms with Crippen molar-refractivity contribution in [2.75, 3.05) is 25.4 Å². The first-order chi connectivity index (χ1) is 9.63. The fraction of sp³-hybridized carbons (Fsp3) is 0.429. The van der Waals surface area contributed by atoms with Gasteiger partial charge in [-0.1, -0.05) is 30.6 Å². The Morgan fingerprint density at radius 1 is 1.30 bits per heavy atom. The van der Waals surface area contributed by atoms with Crippen LogP contribution >= 0.6 is 11.6 Å². The molecule has 0 spiro atoms. The Bertz CT molecular complexity index is 566. The largest absolute Gasteiger partial charge is 0.398 e. The van der Waals surface area contributed by atoms with E-state index >= 15 is 0 Å². The molecule has 0 atom stereocenters. The summed E-state index contributed by atoms with van der Waals surface area (Å²) in [6.07, 6.45) is 0.756. The predicted octanol–water partition coefficient (Wildman–Crippen LogP) is 2.86. The van der Waals surface area contributed by atoms with Crippen LogP contribution in [-0.2, 0) is 6.42 Å². The Labute approximate surface area is 123 Å². The van der Waals surface area contributed by atoms with Crippen molar-refractivity contribution in [1.82, 2.24) is 15.0 Å². The Hall–Kier alpha value is -1.59. The van der Waals surface area contributed by atoms with Crippen molar-refractivity contribution in [2.24, 2.45) is 0 Å². The Kier molecular flexibility index (Phi) is 4.98. The van der Waals surface area contributed by atoms with E-state index < -0.39 is 0 Å². The molecule has 0 fully saturated rings. The van der Waals surface area contributed by atoms with E-state index in [9.17, 15) is 0 Å². The molecule has 2 N–H and O–H groups in total. The molecule has 108 valence electrons. The van der Waals surface area contributed by atoms with Crippen molar-refractivity contribution in [3.8, 4) is 11.5 Å². The normalized spacial score (nSPS) is 11.2. The number of halogens is 1. The van der Waals surface area contributed by atoms with Crippen LogP contribution in [0.15, 0.2) is 22.7 Å². The zero-order valence-corrected chi connectivity index (χ0v) is 12.5. The molecule has 1 heterocycles. The van der Waals surface area contributed by atoms with Gasteiger partial charge in [0.1, 0.15) is 0 Å². The van der Waals surface area contributed by atoms with Gasteiger partial charge in [0.25, 0.3) is 5.89 Å². The van der Waals surface area contributed by atoms with Crippen molar-refractivity contribution in [1.29, 1.82) is 0 Å². The van der Waals surface area contributed by atoms with Gasteiger partial charge in [-0.05, 0) is 31.3 Å². The molecule has 0 amide bonds. The zero-order valence-electron chi connectivity index (χ0n) is 11.8. The van der Waals surface area contributed by atoms with Crippen LogP contribution in [0.2, 0.25) is 5.02 Å². The number of hydrogen-bond donors (Lipinski definition) is 1. The van der Waals surface area contributed by atoms with Gasteiger partial charge in [-0.25, -0.2) is 0 Å². The van der Waals surface area contributed by atoms with E-state index in [2.05, 4.69) is 28.9 Å². The van der Waals surface area contributed by atoms with Gasteiger partial charge < -0.3 is 15.2 Å². The number of nitrogens with zero attached hydrogens (tertiary/aromatic N) is 3. The minimum Gasteiger partial charge on any atom is -0.398 e. The van der Waals surface area contributed by atoms with Gasteiger partial charge in [-0.3, -0.25) is 0 Å². The van der Waals surface area contributed by atoms with Crippen LogP contribution < -0.4 is 5.73 Å². The van der Waals surface area contributed by atoms with Crippen molar-refractivity contribution in [3.05, 3.63) is 29.0 Å². The summed E-state index contributed by atoms with van der Waals surface area (Å²) in [6.45, 7) is 7.22. The van der Waals surface area contributed by atoms with Crippen LogP contribution in [0.4, 0.5) is 5.69 Å². The molecule has 1 aromatic heterocycles. The highest BCUT2D eigenvalue weighted by atomic mass is 35.5. The topological polar surface area (TPSA) is 68.2 Å². The van der Waals surface area contributed by atoms with Gasteiger partial charge in [0.05, 0.1) is 5.56 Å². The monoisotopic (exact) mass is 294 g/mol. The van der Waals surface area contributed by atoms with E-state index in [0.717, 1.165) is 26.1 Å². The lowest BCUT2D eigenvalue weighted by Crippen LogP contribution is -2.25. The van der Waals surface area contributed by atoms with Crippen LogP contribution in [0.1, 0.15) is 19.7 Å². The van der Waals surface area contributed by atoms with E-state index in [4.69, 9.17) is 21.9 Å². The Morgan fingerprint density at radius 2 is 2.05 bits per heavy atom. The van der Waals surface area contributed by atoms with E-state index in [1.165, 1.54) is 0 Å². The SMILES string of the molecule is CCN(CC)CCc1noc(-c2cc(Cl)ccc2N)n1. The lowest BCUT2D eigenvalue weighted by atomic mass is 10.2. The molecule has 0 saturated carbocycles. The van der Waals surface area contributed by atoms with Crippen molar-refractivity contribution < 1.29 is 4.52 Å². The summed E-state index contributed by atoms with van der Waals surface area (Å²) in [6, 6.07) is 5.20. The number of nitrogens with two attached hydrogens (primary N) is 1. The summed E-state index contributed by atoms with van der Waals surface area (Å²) in [5.74, 6) is 1.10. The van der Waals surface area contributed by atoms with Gasteiger partial charge in [0.15, 0.2) is 5.82 Å². The molecule has 0 saturated heterocycles. The van der Waals surface area contributed by atoms with E-state index in [0.29, 0.717) is 28.0 Å². The van der Waals surface area contributed by atoms with Crippen molar-refractivity contribution in [2.45, 2.75) is 20.3 Å². The molecule has 1 aromatic carbocycles. The maximum atomic E-state index is 5.96. The number of rotatable bonds is 6. The number of nitrogen functional groups attached to an aromatic ring is 1. The second-order valence-corrected chi connectivity index (χ2v) is 4.96. The molecular formula is C14H19ClN4O. The van der Waals surface area contributed by atoms with Crippen molar-refractivity contribution in [3.63, 3.8) is 0 Å². The van der Waals surface area contributed by atoms with Gasteiger partial charge in [0, 0.05) is 23.7 Å². The summed E-state index contributed by atoms with van der Waals surface area (Å²) >= 11 is 5.96. The zero-order chi connectivity index (χ0) is 14.5. The molecule has 6 heteroatoms. The number of anilines is 1. The molecule has 2 rings (SSSR count). The molecule has 5 nitrogen and oxygen atoms in total. The third-order valence-corrected chi connectivity index (χ3v) is 3.49. The van der Waals surface area contributed by atoms with E-state index in [1.807, 2.05) is 0 Å². The van der Waals surface area contributed by atoms with Gasteiger partial charge >= 0.3 is 0 Å². The van der Waals surface area contributed by atoms with E-state index in [-0.39, 0.29) is 0 Å². The quantitative estimate of drug-likeness (QED) is 0.830. The molecule has 2 aromatic rings. The fourth-order valence-electron chi connectivity index (χ4n) is 1.98. The first-order valence-electron chi connectivity index (χ1n) is 6.74. The van der Waals surface area contributed by atoms with Crippen LogP contribution in [0.3, 0.4) is 0 Å². The second-order valence-electron chi connectivity index (χ2n) is 4.52. The first-order valence-corrected chi connectivity index (χ1v) is 7.12. The average Bonchev–Trinajstić information content (AvgIpc) is 2.91. The Morgan fingerprint density at radius 3 is 2.75 bits per heavy atom. The molecule has 0 bridgehead atoms. The van der Waals surface area contributed by atoms with Crippen LogP contribution in [-0.4, -0.2) is 34.7 Å². The fourth-order valence-corrected chi connectivity index (χ4v) is 2.15. The highest BCUT2D eigenvalue weighted by molar-refractivity contribution is 6.31. The smallest absolute Gasteiger partial charge is 0.260 e.